The number of aryl methyl sites for hydroxylation is 2. The highest BCUT2D eigenvalue weighted by Gasteiger charge is 2.15. The summed E-state index contributed by atoms with van der Waals surface area (Å²) in [6.07, 6.45) is 18.2. The molecular weight excluding hydrogens is 236 g/mol. The highest BCUT2D eigenvalue weighted by atomic mass is 15.1. The van der Waals surface area contributed by atoms with Crippen LogP contribution in [0.15, 0.2) is 60.7 Å². The predicted molar refractivity (Wildman–Crippen MR) is 72.0 cm³/mol. The van der Waals surface area contributed by atoms with Crippen LogP contribution in [0.3, 0.4) is 0 Å². The lowest BCUT2D eigenvalue weighted by Gasteiger charge is -2.03. The zero-order valence-corrected chi connectivity index (χ0v) is 11.5. The maximum absolute atomic E-state index is 2.26. The molecule has 0 saturated heterocycles. The molecule has 1 aliphatic rings. The Bertz CT molecular complexity index is 643. The van der Waals surface area contributed by atoms with Crippen molar-refractivity contribution in [3.8, 4) is 0 Å². The third-order valence-electron chi connectivity index (χ3n) is 3.51. The molecule has 0 atom stereocenters. The fourth-order valence-corrected chi connectivity index (χ4v) is 2.53. The average molecular weight is 256 g/mol. The molecule has 0 amide bonds. The molecule has 19 heavy (non-hydrogen) atoms. The smallest absolute Gasteiger partial charge is 0.240 e. The van der Waals surface area contributed by atoms with Crippen LogP contribution >= 0.6 is 0 Å². The van der Waals surface area contributed by atoms with Gasteiger partial charge in [0.15, 0.2) is 0 Å². The minimum Gasteiger partial charge on any atom is -0.240 e. The minimum absolute atomic E-state index is 0.958. The summed E-state index contributed by atoms with van der Waals surface area (Å²) in [7, 11) is 4.11. The molecule has 2 aromatic heterocycles. The van der Waals surface area contributed by atoms with Crippen molar-refractivity contribution >= 4 is 0 Å². The number of aromatic nitrogens is 4. The molecule has 2 heterocycles. The molecule has 0 spiro atoms. The minimum atomic E-state index is 0.958. The molecule has 0 N–H and O–H groups in total. The molecular formula is C15H20N4+2. The zero-order valence-electron chi connectivity index (χ0n) is 11.5. The van der Waals surface area contributed by atoms with Gasteiger partial charge in [-0.05, 0) is 17.6 Å². The molecule has 0 fully saturated rings. The van der Waals surface area contributed by atoms with Gasteiger partial charge >= 0.3 is 0 Å². The van der Waals surface area contributed by atoms with Crippen LogP contribution in [0.1, 0.15) is 6.42 Å². The number of imidazole rings is 2. The summed E-state index contributed by atoms with van der Waals surface area (Å²) in [5, 5.41) is 0. The van der Waals surface area contributed by atoms with Gasteiger partial charge in [0.2, 0.25) is 12.7 Å². The van der Waals surface area contributed by atoms with Crippen LogP contribution < -0.4 is 9.13 Å². The average Bonchev–Trinajstić information content (AvgIpc) is 3.06. The summed E-state index contributed by atoms with van der Waals surface area (Å²) in [6, 6.07) is 0. The molecule has 2 aromatic rings. The van der Waals surface area contributed by atoms with Crippen LogP contribution in [-0.4, -0.2) is 9.13 Å². The van der Waals surface area contributed by atoms with Crippen LogP contribution in [0.25, 0.3) is 0 Å². The zero-order chi connectivity index (χ0) is 13.2. The van der Waals surface area contributed by atoms with Gasteiger partial charge in [0.1, 0.15) is 37.9 Å². The summed E-state index contributed by atoms with van der Waals surface area (Å²) in [6.45, 7) is 1.94. The van der Waals surface area contributed by atoms with E-state index in [-0.39, 0.29) is 0 Å². The van der Waals surface area contributed by atoms with Gasteiger partial charge in [-0.1, -0.05) is 12.2 Å². The number of hydrogen-bond acceptors (Lipinski definition) is 0. The van der Waals surface area contributed by atoms with Gasteiger partial charge in [0.25, 0.3) is 0 Å². The largest absolute Gasteiger partial charge is 0.243 e. The first-order chi connectivity index (χ1) is 9.20. The molecule has 98 valence electrons. The Morgan fingerprint density at radius 3 is 2.21 bits per heavy atom. The highest BCUT2D eigenvalue weighted by molar-refractivity contribution is 5.33. The molecule has 3 rings (SSSR count). The molecule has 0 aromatic carbocycles. The van der Waals surface area contributed by atoms with E-state index in [1.807, 2.05) is 0 Å². The summed E-state index contributed by atoms with van der Waals surface area (Å²) in [5.41, 5.74) is 2.94. The van der Waals surface area contributed by atoms with Gasteiger partial charge in [-0.25, -0.2) is 18.3 Å². The maximum Gasteiger partial charge on any atom is 0.243 e. The van der Waals surface area contributed by atoms with Gasteiger partial charge in [-0.3, -0.25) is 0 Å². The molecule has 0 aliphatic heterocycles. The second kappa shape index (κ2) is 4.88. The number of allylic oxidation sites excluding steroid dienone is 4. The summed E-state index contributed by atoms with van der Waals surface area (Å²) in [4.78, 5) is 0. The van der Waals surface area contributed by atoms with E-state index in [4.69, 9.17) is 0 Å². The fraction of sp³-hybridized carbons (Fsp3) is 0.333. The van der Waals surface area contributed by atoms with Gasteiger partial charge in [0.05, 0.1) is 14.1 Å². The van der Waals surface area contributed by atoms with E-state index in [0.717, 1.165) is 19.5 Å². The summed E-state index contributed by atoms with van der Waals surface area (Å²) < 4.78 is 8.61. The van der Waals surface area contributed by atoms with E-state index in [2.05, 4.69) is 82.0 Å². The first-order valence-electron chi connectivity index (χ1n) is 6.60. The van der Waals surface area contributed by atoms with Crippen LogP contribution in [0.4, 0.5) is 0 Å². The van der Waals surface area contributed by atoms with E-state index in [9.17, 15) is 0 Å². The Morgan fingerprint density at radius 1 is 1.00 bits per heavy atom. The van der Waals surface area contributed by atoms with Gasteiger partial charge in [-0.15, -0.1) is 0 Å². The topological polar surface area (TPSA) is 17.6 Å². The Labute approximate surface area is 113 Å². The Kier molecular flexibility index (Phi) is 3.07. The van der Waals surface area contributed by atoms with Crippen molar-refractivity contribution in [2.45, 2.75) is 19.5 Å². The standard InChI is InChI=1S/C15H20N4/c1-16-6-8-18(12-16)10-14-4-3-5-15(14)11-19-9-7-17(2)13-19/h3-4,6-9,12-13H,5,10-11H2,1-2H3/q+2. The first-order valence-corrected chi connectivity index (χ1v) is 6.60. The van der Waals surface area contributed by atoms with Crippen molar-refractivity contribution in [3.63, 3.8) is 0 Å². The van der Waals surface area contributed by atoms with E-state index >= 15 is 0 Å². The molecule has 0 saturated carbocycles. The quantitative estimate of drug-likeness (QED) is 0.723. The van der Waals surface area contributed by atoms with Crippen LogP contribution in [0.2, 0.25) is 0 Å². The van der Waals surface area contributed by atoms with E-state index in [0.29, 0.717) is 0 Å². The monoisotopic (exact) mass is 256 g/mol. The normalized spacial score (nSPS) is 14.6. The molecule has 4 nitrogen and oxygen atoms in total. The highest BCUT2D eigenvalue weighted by Crippen LogP contribution is 2.21. The second-order valence-electron chi connectivity index (χ2n) is 5.24. The SMILES string of the molecule is C[n+]1ccn(CC2=C(Cn3cc[n+](C)c3)CC=C2)c1. The Hall–Kier alpha value is -2.10. The lowest BCUT2D eigenvalue weighted by molar-refractivity contribution is -0.671. The van der Waals surface area contributed by atoms with Crippen molar-refractivity contribution < 1.29 is 9.13 Å². The Morgan fingerprint density at radius 2 is 1.63 bits per heavy atom. The summed E-state index contributed by atoms with van der Waals surface area (Å²) >= 11 is 0. The predicted octanol–water partition coefficient (Wildman–Crippen LogP) is 0.895. The van der Waals surface area contributed by atoms with Crippen molar-refractivity contribution in [2.24, 2.45) is 14.1 Å². The van der Waals surface area contributed by atoms with Gasteiger partial charge in [-0.2, -0.15) is 0 Å². The molecule has 0 radical (unpaired) electrons. The molecule has 1 aliphatic carbocycles. The van der Waals surface area contributed by atoms with Crippen LogP contribution in [-0.2, 0) is 27.2 Å². The van der Waals surface area contributed by atoms with Crippen LogP contribution in [0.5, 0.6) is 0 Å². The maximum atomic E-state index is 2.26. The number of rotatable bonds is 4. The Balaban J connectivity index is 1.77. The molecule has 0 unspecified atom stereocenters. The van der Waals surface area contributed by atoms with E-state index in [1.165, 1.54) is 11.1 Å². The fourth-order valence-electron chi connectivity index (χ4n) is 2.53. The van der Waals surface area contributed by atoms with Crippen molar-refractivity contribution in [1.29, 1.82) is 0 Å². The van der Waals surface area contributed by atoms with Crippen molar-refractivity contribution in [3.05, 3.63) is 60.7 Å². The van der Waals surface area contributed by atoms with Crippen molar-refractivity contribution in [1.82, 2.24) is 9.13 Å². The molecule has 0 bridgehead atoms. The lowest BCUT2D eigenvalue weighted by atomic mass is 10.1. The van der Waals surface area contributed by atoms with Crippen LogP contribution in [0, 0.1) is 0 Å². The third-order valence-corrected chi connectivity index (χ3v) is 3.51. The van der Waals surface area contributed by atoms with E-state index < -0.39 is 0 Å². The number of nitrogens with zero attached hydrogens (tertiary/aromatic N) is 4. The lowest BCUT2D eigenvalue weighted by Crippen LogP contribution is -2.24. The summed E-state index contributed by atoms with van der Waals surface area (Å²) in [5.74, 6) is 0. The third kappa shape index (κ3) is 2.67. The second-order valence-corrected chi connectivity index (χ2v) is 5.24. The first kappa shape index (κ1) is 12.0. The molecule has 4 heteroatoms. The van der Waals surface area contributed by atoms with Crippen molar-refractivity contribution in [2.75, 3.05) is 0 Å². The van der Waals surface area contributed by atoms with Gasteiger partial charge in [0, 0.05) is 0 Å². The number of hydrogen-bond donors (Lipinski definition) is 0. The van der Waals surface area contributed by atoms with E-state index in [1.54, 1.807) is 0 Å². The van der Waals surface area contributed by atoms with Gasteiger partial charge < -0.3 is 0 Å².